The Labute approximate surface area is 122 Å². The van der Waals surface area contributed by atoms with Gasteiger partial charge in [0.25, 0.3) is 5.91 Å². The number of carbonyl (C=O) groups is 2. The minimum atomic E-state index is -4.35. The molecule has 0 spiro atoms. The van der Waals surface area contributed by atoms with E-state index in [0.717, 1.165) is 0 Å². The number of rotatable bonds is 4. The molecule has 0 unspecified atom stereocenters. The number of hydrogen-bond donors (Lipinski definition) is 1. The molecule has 114 valence electrons. The van der Waals surface area contributed by atoms with Gasteiger partial charge in [-0.3, -0.25) is 9.59 Å². The highest BCUT2D eigenvalue weighted by molar-refractivity contribution is 8.00. The largest absolute Gasteiger partial charge is 0.481 e. The summed E-state index contributed by atoms with van der Waals surface area (Å²) in [6.45, 7) is 0.731. The summed E-state index contributed by atoms with van der Waals surface area (Å²) in [7, 11) is 0. The van der Waals surface area contributed by atoms with Gasteiger partial charge in [0.2, 0.25) is 0 Å². The van der Waals surface area contributed by atoms with Crippen LogP contribution in [0.2, 0.25) is 0 Å². The first-order valence-corrected chi connectivity index (χ1v) is 6.93. The number of nitrogens with zero attached hydrogens (tertiary/aromatic N) is 1. The number of alkyl halides is 3. The molecule has 21 heavy (non-hydrogen) atoms. The average Bonchev–Trinajstić information content (AvgIpc) is 2.31. The van der Waals surface area contributed by atoms with Gasteiger partial charge in [-0.05, 0) is 36.0 Å². The van der Waals surface area contributed by atoms with E-state index >= 15 is 0 Å². The quantitative estimate of drug-likeness (QED) is 0.867. The van der Waals surface area contributed by atoms with Crippen LogP contribution in [0.5, 0.6) is 0 Å². The first-order valence-electron chi connectivity index (χ1n) is 6.11. The van der Waals surface area contributed by atoms with E-state index in [-0.39, 0.29) is 34.9 Å². The Balaban J connectivity index is 1.91. The molecule has 1 heterocycles. The molecule has 0 radical (unpaired) electrons. The maximum absolute atomic E-state index is 12.2. The Kier molecular flexibility index (Phi) is 4.46. The Hall–Kier alpha value is -1.70. The van der Waals surface area contributed by atoms with Crippen LogP contribution in [0.3, 0.4) is 0 Å². The zero-order chi connectivity index (χ0) is 15.6. The van der Waals surface area contributed by atoms with Crippen LogP contribution < -0.4 is 0 Å². The number of likely N-dealkylation sites (tertiary alicyclic amines) is 1. The van der Waals surface area contributed by atoms with Gasteiger partial charge in [-0.25, -0.2) is 0 Å². The van der Waals surface area contributed by atoms with Gasteiger partial charge in [0, 0.05) is 29.5 Å². The third-order valence-corrected chi connectivity index (χ3v) is 3.78. The van der Waals surface area contributed by atoms with Crippen LogP contribution in [0.4, 0.5) is 13.2 Å². The van der Waals surface area contributed by atoms with Crippen molar-refractivity contribution in [2.75, 3.05) is 13.1 Å². The summed E-state index contributed by atoms with van der Waals surface area (Å²) >= 11 is -0.234. The van der Waals surface area contributed by atoms with Crippen molar-refractivity contribution in [3.05, 3.63) is 29.8 Å². The number of carboxylic acids is 1. The molecule has 0 saturated carbocycles. The summed E-state index contributed by atoms with van der Waals surface area (Å²) < 4.78 is 36.5. The van der Waals surface area contributed by atoms with Crippen molar-refractivity contribution in [3.63, 3.8) is 0 Å². The predicted octanol–water partition coefficient (Wildman–Crippen LogP) is 2.85. The third kappa shape index (κ3) is 4.38. The van der Waals surface area contributed by atoms with Gasteiger partial charge in [-0.15, -0.1) is 0 Å². The molecule has 1 fully saturated rings. The molecule has 4 nitrogen and oxygen atoms in total. The molecule has 0 bridgehead atoms. The number of amides is 1. The van der Waals surface area contributed by atoms with Crippen LogP contribution in [0.15, 0.2) is 29.2 Å². The van der Waals surface area contributed by atoms with Gasteiger partial charge >= 0.3 is 11.5 Å². The van der Waals surface area contributed by atoms with E-state index in [4.69, 9.17) is 5.11 Å². The molecule has 1 saturated heterocycles. The first-order chi connectivity index (χ1) is 9.74. The van der Waals surface area contributed by atoms with Gasteiger partial charge < -0.3 is 10.0 Å². The van der Waals surface area contributed by atoms with Crippen molar-refractivity contribution in [2.24, 2.45) is 5.92 Å². The van der Waals surface area contributed by atoms with Crippen LogP contribution >= 0.6 is 11.8 Å². The maximum Gasteiger partial charge on any atom is 0.446 e. The molecule has 2 rings (SSSR count). The zero-order valence-electron chi connectivity index (χ0n) is 10.8. The van der Waals surface area contributed by atoms with Gasteiger partial charge in [0.05, 0.1) is 6.42 Å². The average molecular weight is 319 g/mol. The highest BCUT2D eigenvalue weighted by Crippen LogP contribution is 2.36. The monoisotopic (exact) mass is 319 g/mol. The maximum atomic E-state index is 12.2. The lowest BCUT2D eigenvalue weighted by molar-refractivity contribution is -0.139. The van der Waals surface area contributed by atoms with Crippen molar-refractivity contribution in [1.29, 1.82) is 0 Å². The highest BCUT2D eigenvalue weighted by atomic mass is 32.2. The summed E-state index contributed by atoms with van der Waals surface area (Å²) in [6.07, 6.45) is 0.0188. The Morgan fingerprint density at radius 3 is 2.29 bits per heavy atom. The lowest BCUT2D eigenvalue weighted by Gasteiger charge is -2.38. The molecular weight excluding hydrogens is 307 g/mol. The lowest BCUT2D eigenvalue weighted by atomic mass is 9.95. The van der Waals surface area contributed by atoms with E-state index in [1.807, 2.05) is 0 Å². The molecular formula is C13H12F3NO3S. The molecule has 1 aliphatic heterocycles. The fourth-order valence-corrected chi connectivity index (χ4v) is 2.63. The molecule has 1 amide bonds. The Morgan fingerprint density at radius 1 is 1.24 bits per heavy atom. The molecule has 0 aliphatic carbocycles. The van der Waals surface area contributed by atoms with Crippen molar-refractivity contribution < 1.29 is 27.9 Å². The van der Waals surface area contributed by atoms with Crippen LogP contribution in [0, 0.1) is 5.92 Å². The summed E-state index contributed by atoms with van der Waals surface area (Å²) in [5.74, 6) is -1.24. The molecule has 1 N–H and O–H groups in total. The van der Waals surface area contributed by atoms with Gasteiger partial charge in [0.1, 0.15) is 0 Å². The van der Waals surface area contributed by atoms with Crippen molar-refractivity contribution >= 4 is 23.6 Å². The first kappa shape index (κ1) is 15.7. The molecule has 1 aromatic carbocycles. The van der Waals surface area contributed by atoms with Crippen LogP contribution in [-0.4, -0.2) is 40.5 Å². The van der Waals surface area contributed by atoms with E-state index in [0.29, 0.717) is 18.7 Å². The summed E-state index contributed by atoms with van der Waals surface area (Å²) in [4.78, 5) is 24.0. The van der Waals surface area contributed by atoms with E-state index < -0.39 is 11.5 Å². The van der Waals surface area contributed by atoms with Gasteiger partial charge in [-0.2, -0.15) is 13.2 Å². The number of aliphatic carboxylic acids is 1. The topological polar surface area (TPSA) is 57.6 Å². The number of carboxylic acid groups (broad SMARTS) is 1. The lowest BCUT2D eigenvalue weighted by Crippen LogP contribution is -2.50. The minimum Gasteiger partial charge on any atom is -0.481 e. The molecule has 0 atom stereocenters. The van der Waals surface area contributed by atoms with Crippen LogP contribution in [0.1, 0.15) is 16.8 Å². The second-order valence-corrected chi connectivity index (χ2v) is 5.88. The molecule has 1 aromatic rings. The van der Waals surface area contributed by atoms with Gasteiger partial charge in [-0.1, -0.05) is 0 Å². The Bertz CT molecular complexity index is 539. The fraction of sp³-hybridized carbons (Fsp3) is 0.385. The normalized spacial score (nSPS) is 15.7. The SMILES string of the molecule is O=C(O)CC1CN(C(=O)c2ccc(SC(F)(F)F)cc2)C1. The van der Waals surface area contributed by atoms with Crippen LogP contribution in [-0.2, 0) is 4.79 Å². The van der Waals surface area contributed by atoms with E-state index in [1.165, 1.54) is 29.2 Å². The minimum absolute atomic E-state index is 0.0188. The smallest absolute Gasteiger partial charge is 0.446 e. The molecule has 8 heteroatoms. The number of halogens is 3. The van der Waals surface area contributed by atoms with E-state index in [2.05, 4.69) is 0 Å². The van der Waals surface area contributed by atoms with Crippen molar-refractivity contribution in [2.45, 2.75) is 16.8 Å². The number of benzene rings is 1. The summed E-state index contributed by atoms with van der Waals surface area (Å²) in [5.41, 5.74) is -4.05. The van der Waals surface area contributed by atoms with E-state index in [1.54, 1.807) is 0 Å². The van der Waals surface area contributed by atoms with Crippen molar-refractivity contribution in [3.8, 4) is 0 Å². The molecule has 1 aliphatic rings. The van der Waals surface area contributed by atoms with Gasteiger partial charge in [0.15, 0.2) is 0 Å². The number of thioether (sulfide) groups is 1. The second kappa shape index (κ2) is 5.97. The zero-order valence-corrected chi connectivity index (χ0v) is 11.6. The highest BCUT2D eigenvalue weighted by Gasteiger charge is 2.33. The predicted molar refractivity (Wildman–Crippen MR) is 70.0 cm³/mol. The summed E-state index contributed by atoms with van der Waals surface area (Å²) in [6, 6.07) is 5.20. The number of hydrogen-bond acceptors (Lipinski definition) is 3. The Morgan fingerprint density at radius 2 is 1.81 bits per heavy atom. The number of carbonyl (C=O) groups excluding carboxylic acids is 1. The molecule has 0 aromatic heterocycles. The standard InChI is InChI=1S/C13H12F3NO3S/c14-13(15,16)21-10-3-1-9(2-4-10)12(20)17-6-8(7-17)5-11(18)19/h1-4,8H,5-7H2,(H,18,19). The van der Waals surface area contributed by atoms with E-state index in [9.17, 15) is 22.8 Å². The van der Waals surface area contributed by atoms with Crippen LogP contribution in [0.25, 0.3) is 0 Å². The summed E-state index contributed by atoms with van der Waals surface area (Å²) in [5, 5.41) is 8.62. The third-order valence-electron chi connectivity index (χ3n) is 3.04. The van der Waals surface area contributed by atoms with Crippen molar-refractivity contribution in [1.82, 2.24) is 4.90 Å². The second-order valence-electron chi connectivity index (χ2n) is 4.75. The fourth-order valence-electron chi connectivity index (χ4n) is 2.09.